The van der Waals surface area contributed by atoms with E-state index in [1.165, 1.54) is 4.90 Å². The van der Waals surface area contributed by atoms with Crippen molar-refractivity contribution in [2.24, 2.45) is 0 Å². The molecule has 1 aromatic rings. The van der Waals surface area contributed by atoms with Crippen LogP contribution in [0.2, 0.25) is 0 Å². The van der Waals surface area contributed by atoms with Crippen molar-refractivity contribution in [3.63, 3.8) is 0 Å². The number of aliphatic hydroxyl groups excluding tert-OH is 1. The third-order valence-corrected chi connectivity index (χ3v) is 2.34. The standard InChI is InChI=1S/C13H18N2O2/c1-14(2)13(17)15(3)12-8-4-6-11(10-12)7-5-9-16/h4-8,10,16H,9H2,1-3H3. The van der Waals surface area contributed by atoms with E-state index in [9.17, 15) is 4.79 Å². The lowest BCUT2D eigenvalue weighted by Crippen LogP contribution is -2.36. The van der Waals surface area contributed by atoms with Crippen LogP contribution in [0, 0.1) is 0 Å². The van der Waals surface area contributed by atoms with Crippen LogP contribution in [-0.4, -0.2) is 43.8 Å². The van der Waals surface area contributed by atoms with Gasteiger partial charge in [-0.3, -0.25) is 4.90 Å². The fourth-order valence-corrected chi connectivity index (χ4v) is 1.44. The fraction of sp³-hybridized carbons (Fsp3) is 0.308. The van der Waals surface area contributed by atoms with Crippen molar-refractivity contribution in [2.75, 3.05) is 32.6 Å². The van der Waals surface area contributed by atoms with E-state index in [0.717, 1.165) is 11.3 Å². The molecule has 0 spiro atoms. The van der Waals surface area contributed by atoms with Crippen molar-refractivity contribution < 1.29 is 9.90 Å². The number of hydrogen-bond donors (Lipinski definition) is 1. The van der Waals surface area contributed by atoms with Crippen LogP contribution >= 0.6 is 0 Å². The van der Waals surface area contributed by atoms with E-state index < -0.39 is 0 Å². The van der Waals surface area contributed by atoms with E-state index >= 15 is 0 Å². The minimum absolute atomic E-state index is 0.0106. The molecule has 4 heteroatoms. The maximum atomic E-state index is 11.8. The van der Waals surface area contributed by atoms with E-state index in [1.54, 1.807) is 32.1 Å². The highest BCUT2D eigenvalue weighted by molar-refractivity contribution is 5.91. The molecule has 0 heterocycles. The lowest BCUT2D eigenvalue weighted by molar-refractivity contribution is 0.225. The Morgan fingerprint density at radius 3 is 2.65 bits per heavy atom. The Kier molecular flexibility index (Phi) is 4.72. The molecule has 0 atom stereocenters. The molecule has 0 saturated heterocycles. The Bertz CT molecular complexity index is 414. The predicted molar refractivity (Wildman–Crippen MR) is 70.0 cm³/mol. The zero-order valence-electron chi connectivity index (χ0n) is 10.4. The van der Waals surface area contributed by atoms with Crippen LogP contribution in [0.3, 0.4) is 0 Å². The number of benzene rings is 1. The van der Waals surface area contributed by atoms with E-state index in [1.807, 2.05) is 30.3 Å². The van der Waals surface area contributed by atoms with E-state index in [2.05, 4.69) is 0 Å². The van der Waals surface area contributed by atoms with Gasteiger partial charge in [0.25, 0.3) is 0 Å². The third-order valence-electron chi connectivity index (χ3n) is 2.34. The number of carbonyl (C=O) groups is 1. The van der Waals surface area contributed by atoms with Crippen molar-refractivity contribution in [2.45, 2.75) is 0 Å². The molecule has 0 aliphatic rings. The van der Waals surface area contributed by atoms with Gasteiger partial charge in [0.2, 0.25) is 0 Å². The minimum Gasteiger partial charge on any atom is -0.392 e. The monoisotopic (exact) mass is 234 g/mol. The Hall–Kier alpha value is -1.81. The lowest BCUT2D eigenvalue weighted by atomic mass is 10.2. The van der Waals surface area contributed by atoms with Crippen LogP contribution < -0.4 is 4.90 Å². The molecular formula is C13H18N2O2. The Morgan fingerprint density at radius 2 is 2.06 bits per heavy atom. The summed E-state index contributed by atoms with van der Waals surface area (Å²) in [6.45, 7) is 0.0106. The summed E-state index contributed by atoms with van der Waals surface area (Å²) in [5.74, 6) is 0. The van der Waals surface area contributed by atoms with Gasteiger partial charge >= 0.3 is 6.03 Å². The van der Waals surface area contributed by atoms with Crippen LogP contribution in [0.15, 0.2) is 30.3 Å². The Labute approximate surface area is 102 Å². The molecule has 0 radical (unpaired) electrons. The summed E-state index contributed by atoms with van der Waals surface area (Å²) in [6.07, 6.45) is 3.48. The van der Waals surface area contributed by atoms with E-state index in [0.29, 0.717) is 0 Å². The number of hydrogen-bond acceptors (Lipinski definition) is 2. The highest BCUT2D eigenvalue weighted by Crippen LogP contribution is 2.16. The molecule has 17 heavy (non-hydrogen) atoms. The zero-order valence-corrected chi connectivity index (χ0v) is 10.4. The average molecular weight is 234 g/mol. The number of urea groups is 1. The molecule has 1 N–H and O–H groups in total. The van der Waals surface area contributed by atoms with Gasteiger partial charge in [0.15, 0.2) is 0 Å². The van der Waals surface area contributed by atoms with Gasteiger partial charge in [0.1, 0.15) is 0 Å². The van der Waals surface area contributed by atoms with Gasteiger partial charge in [0, 0.05) is 26.8 Å². The minimum atomic E-state index is -0.0757. The molecule has 0 bridgehead atoms. The summed E-state index contributed by atoms with van der Waals surface area (Å²) in [4.78, 5) is 14.9. The van der Waals surface area contributed by atoms with Crippen molar-refractivity contribution in [1.29, 1.82) is 0 Å². The molecule has 0 aromatic heterocycles. The molecule has 0 unspecified atom stereocenters. The van der Waals surface area contributed by atoms with Crippen LogP contribution in [0.4, 0.5) is 10.5 Å². The van der Waals surface area contributed by atoms with Gasteiger partial charge in [-0.05, 0) is 17.7 Å². The highest BCUT2D eigenvalue weighted by atomic mass is 16.2. The van der Waals surface area contributed by atoms with E-state index in [4.69, 9.17) is 5.11 Å². The summed E-state index contributed by atoms with van der Waals surface area (Å²) in [7, 11) is 5.17. The number of carbonyl (C=O) groups excluding carboxylic acids is 1. The van der Waals surface area contributed by atoms with Crippen LogP contribution in [0.5, 0.6) is 0 Å². The van der Waals surface area contributed by atoms with Gasteiger partial charge in [-0.1, -0.05) is 24.3 Å². The maximum Gasteiger partial charge on any atom is 0.323 e. The van der Waals surface area contributed by atoms with Gasteiger partial charge < -0.3 is 10.0 Å². The molecule has 1 aromatic carbocycles. The predicted octanol–water partition coefficient (Wildman–Crippen LogP) is 1.81. The molecule has 0 fully saturated rings. The number of rotatable bonds is 3. The molecule has 4 nitrogen and oxygen atoms in total. The lowest BCUT2D eigenvalue weighted by Gasteiger charge is -2.22. The first-order valence-corrected chi connectivity index (χ1v) is 5.38. The molecule has 0 saturated carbocycles. The first kappa shape index (κ1) is 13.3. The summed E-state index contributed by atoms with van der Waals surface area (Å²) in [6, 6.07) is 7.49. The molecule has 2 amide bonds. The van der Waals surface area contributed by atoms with Crippen LogP contribution in [0.25, 0.3) is 6.08 Å². The van der Waals surface area contributed by atoms with Crippen molar-refractivity contribution >= 4 is 17.8 Å². The third kappa shape index (κ3) is 3.60. The second-order valence-corrected chi connectivity index (χ2v) is 3.92. The molecular weight excluding hydrogens is 216 g/mol. The second-order valence-electron chi connectivity index (χ2n) is 3.92. The van der Waals surface area contributed by atoms with Gasteiger partial charge in [-0.15, -0.1) is 0 Å². The van der Waals surface area contributed by atoms with Gasteiger partial charge in [-0.2, -0.15) is 0 Å². The Balaban J connectivity index is 2.91. The van der Waals surface area contributed by atoms with Gasteiger partial charge in [-0.25, -0.2) is 4.79 Å². The first-order valence-electron chi connectivity index (χ1n) is 5.38. The Morgan fingerprint density at radius 1 is 1.35 bits per heavy atom. The number of amides is 2. The fourth-order valence-electron chi connectivity index (χ4n) is 1.44. The molecule has 1 rings (SSSR count). The topological polar surface area (TPSA) is 43.8 Å². The van der Waals surface area contributed by atoms with Crippen LogP contribution in [-0.2, 0) is 0 Å². The number of aliphatic hydroxyl groups is 1. The maximum absolute atomic E-state index is 11.8. The smallest absolute Gasteiger partial charge is 0.323 e. The highest BCUT2D eigenvalue weighted by Gasteiger charge is 2.12. The molecule has 0 aliphatic heterocycles. The van der Waals surface area contributed by atoms with Gasteiger partial charge in [0.05, 0.1) is 6.61 Å². The normalized spacial score (nSPS) is 10.6. The molecule has 92 valence electrons. The van der Waals surface area contributed by atoms with Crippen molar-refractivity contribution in [1.82, 2.24) is 4.90 Å². The second kappa shape index (κ2) is 6.06. The number of anilines is 1. The van der Waals surface area contributed by atoms with Crippen molar-refractivity contribution in [3.8, 4) is 0 Å². The largest absolute Gasteiger partial charge is 0.392 e. The summed E-state index contributed by atoms with van der Waals surface area (Å²) in [5, 5.41) is 8.71. The van der Waals surface area contributed by atoms with E-state index in [-0.39, 0.29) is 12.6 Å². The quantitative estimate of drug-likeness (QED) is 0.866. The summed E-state index contributed by atoms with van der Waals surface area (Å²) < 4.78 is 0. The molecule has 0 aliphatic carbocycles. The first-order chi connectivity index (χ1) is 8.06. The van der Waals surface area contributed by atoms with Crippen LogP contribution in [0.1, 0.15) is 5.56 Å². The summed E-state index contributed by atoms with van der Waals surface area (Å²) >= 11 is 0. The SMILES string of the molecule is CN(C)C(=O)N(C)c1cccc(C=CCO)c1. The average Bonchev–Trinajstić information content (AvgIpc) is 2.34. The zero-order chi connectivity index (χ0) is 12.8. The summed E-state index contributed by atoms with van der Waals surface area (Å²) in [5.41, 5.74) is 1.78. The number of nitrogens with zero attached hydrogens (tertiary/aromatic N) is 2. The van der Waals surface area contributed by atoms with Crippen molar-refractivity contribution in [3.05, 3.63) is 35.9 Å².